The molecule has 1 aromatic rings. The van der Waals surface area contributed by atoms with Gasteiger partial charge in [-0.2, -0.15) is 12.7 Å². The Labute approximate surface area is 221 Å². The summed E-state index contributed by atoms with van der Waals surface area (Å²) >= 11 is 0. The molecule has 3 N–H and O–H groups in total. The second-order valence-corrected chi connectivity index (χ2v) is 13.6. The normalized spacial score (nSPS) is 31.0. The van der Waals surface area contributed by atoms with Crippen LogP contribution in [0.4, 0.5) is 10.5 Å². The molecule has 204 valence electrons. The molecule has 6 aliphatic rings. The number of hydrogen-bond donors (Lipinski definition) is 3. The maximum Gasteiger partial charge on any atom is 0.333 e. The number of carbonyl (C=O) groups is 1. The van der Waals surface area contributed by atoms with Crippen molar-refractivity contribution in [3.8, 4) is 0 Å². The van der Waals surface area contributed by atoms with Gasteiger partial charge in [0, 0.05) is 37.4 Å². The molecule has 0 aromatic heterocycles. The molecule has 1 aromatic carbocycles. The van der Waals surface area contributed by atoms with E-state index in [4.69, 9.17) is 0 Å². The largest absolute Gasteiger partial charge is 0.333 e. The number of urea groups is 1. The van der Waals surface area contributed by atoms with Gasteiger partial charge in [-0.15, -0.1) is 0 Å². The lowest BCUT2D eigenvalue weighted by atomic mass is 9.99. The topological polar surface area (TPSA) is 97.0 Å². The van der Waals surface area contributed by atoms with Crippen LogP contribution < -0.4 is 15.4 Å². The van der Waals surface area contributed by atoms with Crippen molar-refractivity contribution in [2.24, 2.45) is 11.8 Å². The zero-order valence-corrected chi connectivity index (χ0v) is 23.1. The highest BCUT2D eigenvalue weighted by Crippen LogP contribution is 2.38. The molecule has 4 fully saturated rings. The molecule has 0 spiro atoms. The number of hydrogen-bond acceptors (Lipinski definition) is 6. The Morgan fingerprint density at radius 1 is 0.892 bits per heavy atom. The minimum atomic E-state index is -3.83. The fourth-order valence-electron chi connectivity index (χ4n) is 7.68. The van der Waals surface area contributed by atoms with Crippen molar-refractivity contribution < 1.29 is 13.2 Å². The van der Waals surface area contributed by atoms with E-state index >= 15 is 0 Å². The molecule has 9 nitrogen and oxygen atoms in total. The summed E-state index contributed by atoms with van der Waals surface area (Å²) in [6, 6.07) is 2.79. The average molecular weight is 531 g/mol. The van der Waals surface area contributed by atoms with Crippen LogP contribution in [0, 0.1) is 11.8 Å². The van der Waals surface area contributed by atoms with Gasteiger partial charge in [-0.05, 0) is 119 Å². The van der Waals surface area contributed by atoms with Crippen LogP contribution in [0.25, 0.3) is 0 Å². The third-order valence-electron chi connectivity index (χ3n) is 9.79. The van der Waals surface area contributed by atoms with Crippen molar-refractivity contribution in [3.05, 3.63) is 28.3 Å². The predicted molar refractivity (Wildman–Crippen MR) is 145 cm³/mol. The molecule has 2 amide bonds. The van der Waals surface area contributed by atoms with Crippen molar-refractivity contribution in [2.75, 3.05) is 58.7 Å². The first-order valence-corrected chi connectivity index (χ1v) is 15.6. The summed E-state index contributed by atoms with van der Waals surface area (Å²) in [5.74, 6) is 1.33. The van der Waals surface area contributed by atoms with E-state index in [1.54, 1.807) is 0 Å². The van der Waals surface area contributed by atoms with Crippen LogP contribution in [-0.2, 0) is 35.9 Å². The van der Waals surface area contributed by atoms with Crippen molar-refractivity contribution >= 4 is 21.9 Å². The number of carbonyl (C=O) groups excluding carboxylic acids is 1. The van der Waals surface area contributed by atoms with Crippen LogP contribution in [0.5, 0.6) is 0 Å². The van der Waals surface area contributed by atoms with E-state index in [0.717, 1.165) is 69.1 Å². The summed E-state index contributed by atoms with van der Waals surface area (Å²) in [6.45, 7) is 5.77. The molecular formula is C27H42N6O3S. The minimum absolute atomic E-state index is 0.264. The van der Waals surface area contributed by atoms with Crippen LogP contribution in [0.1, 0.15) is 47.9 Å². The molecule has 4 saturated heterocycles. The number of aryl methyl sites for hydroxylation is 2. The van der Waals surface area contributed by atoms with E-state index < -0.39 is 16.2 Å². The number of fused-ring (bicyclic) bond motifs is 4. The lowest BCUT2D eigenvalue weighted by Crippen LogP contribution is -2.45. The smallest absolute Gasteiger partial charge is 0.315 e. The molecule has 0 radical (unpaired) electrons. The number of nitrogens with one attached hydrogen (secondary N) is 3. The van der Waals surface area contributed by atoms with Crippen molar-refractivity contribution in [3.63, 3.8) is 0 Å². The Morgan fingerprint density at radius 3 is 2.19 bits per heavy atom. The lowest BCUT2D eigenvalue weighted by molar-refractivity contribution is 0.255. The van der Waals surface area contributed by atoms with Crippen LogP contribution in [-0.4, -0.2) is 94.0 Å². The minimum Gasteiger partial charge on any atom is -0.315 e. The summed E-state index contributed by atoms with van der Waals surface area (Å²) < 4.78 is 29.2. The van der Waals surface area contributed by atoms with Gasteiger partial charge in [-0.3, -0.25) is 0 Å². The van der Waals surface area contributed by atoms with E-state index in [9.17, 15) is 13.2 Å². The maximum atomic E-state index is 12.8. The van der Waals surface area contributed by atoms with Crippen molar-refractivity contribution in [1.82, 2.24) is 24.1 Å². The van der Waals surface area contributed by atoms with Crippen LogP contribution in [0.3, 0.4) is 0 Å². The number of anilines is 1. The van der Waals surface area contributed by atoms with Gasteiger partial charge < -0.3 is 20.4 Å². The number of amides is 2. The SMILES string of the molecule is CN1CCC2CN(S(=O)(=O)NC(=O)Nc3c4c(cc5c3CCC5)CCC4)CC21.CN1CCC2CNCC21. The Kier molecular flexibility index (Phi) is 6.98. The Balaban J connectivity index is 0.000000235. The number of nitrogens with zero attached hydrogens (tertiary/aromatic N) is 3. The second-order valence-electron chi connectivity index (χ2n) is 12.0. The highest BCUT2D eigenvalue weighted by atomic mass is 32.2. The third-order valence-corrected chi connectivity index (χ3v) is 11.2. The molecule has 4 unspecified atom stereocenters. The molecular weight excluding hydrogens is 488 g/mol. The fourth-order valence-corrected chi connectivity index (χ4v) is 8.83. The second kappa shape index (κ2) is 10.1. The molecule has 0 bridgehead atoms. The number of benzene rings is 1. The van der Waals surface area contributed by atoms with E-state index in [1.165, 1.54) is 52.6 Å². The maximum absolute atomic E-state index is 12.8. The molecule has 37 heavy (non-hydrogen) atoms. The zero-order chi connectivity index (χ0) is 25.7. The van der Waals surface area contributed by atoms with E-state index in [-0.39, 0.29) is 6.04 Å². The number of likely N-dealkylation sites (tertiary alicyclic amines) is 2. The quantitative estimate of drug-likeness (QED) is 0.549. The lowest BCUT2D eigenvalue weighted by Gasteiger charge is -2.21. The molecule has 0 saturated carbocycles. The average Bonchev–Trinajstić information content (AvgIpc) is 3.67. The Morgan fingerprint density at radius 2 is 1.54 bits per heavy atom. The molecule has 7 rings (SSSR count). The molecule has 4 heterocycles. The highest BCUT2D eigenvalue weighted by Gasteiger charge is 2.44. The van der Waals surface area contributed by atoms with Gasteiger partial charge in [-0.25, -0.2) is 9.52 Å². The monoisotopic (exact) mass is 530 g/mol. The highest BCUT2D eigenvalue weighted by molar-refractivity contribution is 7.87. The van der Waals surface area contributed by atoms with Crippen LogP contribution in [0.2, 0.25) is 0 Å². The van der Waals surface area contributed by atoms with E-state index in [2.05, 4.69) is 38.3 Å². The van der Waals surface area contributed by atoms with Gasteiger partial charge in [-0.1, -0.05) is 6.07 Å². The van der Waals surface area contributed by atoms with E-state index in [1.807, 2.05) is 7.05 Å². The Bertz CT molecular complexity index is 1130. The summed E-state index contributed by atoms with van der Waals surface area (Å²) in [5.41, 5.74) is 5.90. The van der Waals surface area contributed by atoms with Gasteiger partial charge in [0.05, 0.1) is 0 Å². The summed E-state index contributed by atoms with van der Waals surface area (Å²) in [6.07, 6.45) is 8.60. The summed E-state index contributed by atoms with van der Waals surface area (Å²) in [4.78, 5) is 17.4. The first-order chi connectivity index (χ1) is 17.8. The van der Waals surface area contributed by atoms with Crippen LogP contribution in [0.15, 0.2) is 6.07 Å². The molecule has 4 aliphatic heterocycles. The van der Waals surface area contributed by atoms with Crippen LogP contribution >= 0.6 is 0 Å². The zero-order valence-electron chi connectivity index (χ0n) is 22.3. The molecule has 2 aliphatic carbocycles. The van der Waals surface area contributed by atoms with Gasteiger partial charge in [0.1, 0.15) is 0 Å². The first-order valence-electron chi connectivity index (χ1n) is 14.2. The summed E-state index contributed by atoms with van der Waals surface area (Å²) in [5, 5.41) is 6.33. The van der Waals surface area contributed by atoms with Gasteiger partial charge in [0.25, 0.3) is 0 Å². The van der Waals surface area contributed by atoms with Gasteiger partial charge >= 0.3 is 16.2 Å². The Hall–Kier alpha value is -1.72. The molecule has 10 heteroatoms. The third kappa shape index (κ3) is 4.91. The first kappa shape index (κ1) is 25.6. The van der Waals surface area contributed by atoms with Gasteiger partial charge in [0.2, 0.25) is 0 Å². The van der Waals surface area contributed by atoms with Crippen molar-refractivity contribution in [1.29, 1.82) is 0 Å². The van der Waals surface area contributed by atoms with E-state index in [0.29, 0.717) is 19.0 Å². The summed E-state index contributed by atoms with van der Waals surface area (Å²) in [7, 11) is 0.445. The molecule has 4 atom stereocenters. The predicted octanol–water partition coefficient (Wildman–Crippen LogP) is 1.58. The number of rotatable bonds is 3. The fraction of sp³-hybridized carbons (Fsp3) is 0.741. The standard InChI is InChI=1S/C20H28N4O3S.C7H14N2/c1-23-9-8-15-11-24(12-18(15)23)28(26,27)22-20(25)21-19-16-6-2-4-13(16)10-14-5-3-7-17(14)19;1-9-3-2-6-4-8-5-7(6)9/h10,15,18H,2-9,11-12H2,1H3,(H2,21,22,25);6-8H,2-5H2,1H3. The van der Waals surface area contributed by atoms with Crippen molar-refractivity contribution in [2.45, 2.75) is 63.5 Å². The van der Waals surface area contributed by atoms with Gasteiger partial charge in [0.15, 0.2) is 0 Å². The number of likely N-dealkylation sites (N-methyl/N-ethyl adjacent to an activating group) is 2.